The Labute approximate surface area is 183 Å². The molecular weight excluding hydrogens is 426 g/mol. The summed E-state index contributed by atoms with van der Waals surface area (Å²) in [5, 5.41) is 0. The van der Waals surface area contributed by atoms with E-state index in [1.54, 1.807) is 32.0 Å². The van der Waals surface area contributed by atoms with E-state index in [0.717, 1.165) is 5.69 Å². The molecule has 3 aromatic rings. The molecular formula is C23H23F4N3O2. The summed E-state index contributed by atoms with van der Waals surface area (Å²) in [4.78, 5) is 9.02. The number of halogens is 4. The van der Waals surface area contributed by atoms with Crippen LogP contribution < -0.4 is 4.74 Å². The molecule has 1 aliphatic rings. The third-order valence-corrected chi connectivity index (χ3v) is 5.39. The summed E-state index contributed by atoms with van der Waals surface area (Å²) < 4.78 is 64.2. The first kappa shape index (κ1) is 22.3. The molecule has 170 valence electrons. The van der Waals surface area contributed by atoms with Crippen LogP contribution in [0, 0.1) is 13.8 Å². The maximum absolute atomic E-state index is 13.5. The zero-order valence-corrected chi connectivity index (χ0v) is 17.7. The Morgan fingerprint density at radius 1 is 1.12 bits per heavy atom. The van der Waals surface area contributed by atoms with E-state index in [1.165, 1.54) is 6.07 Å². The summed E-state index contributed by atoms with van der Waals surface area (Å²) in [6.07, 6.45) is -0.128. The molecule has 9 heteroatoms. The van der Waals surface area contributed by atoms with Gasteiger partial charge in [-0.2, -0.15) is 8.78 Å². The fourth-order valence-corrected chi connectivity index (χ4v) is 4.02. The summed E-state index contributed by atoms with van der Waals surface area (Å²) >= 11 is 0. The minimum Gasteiger partial charge on any atom is -0.435 e. The maximum Gasteiger partial charge on any atom is 0.387 e. The van der Waals surface area contributed by atoms with E-state index in [2.05, 4.69) is 9.72 Å². The normalized spacial score (nSPS) is 16.2. The minimum atomic E-state index is -2.92. The van der Waals surface area contributed by atoms with Gasteiger partial charge in [-0.25, -0.2) is 13.8 Å². The number of aryl methyl sites for hydroxylation is 2. The Balaban J connectivity index is 1.86. The van der Waals surface area contributed by atoms with E-state index in [0.29, 0.717) is 52.6 Å². The number of rotatable bonds is 6. The summed E-state index contributed by atoms with van der Waals surface area (Å²) in [5.41, 5.74) is 4.37. The summed E-state index contributed by atoms with van der Waals surface area (Å²) in [6.45, 7) is -0.235. The Morgan fingerprint density at radius 3 is 2.62 bits per heavy atom. The van der Waals surface area contributed by atoms with Crippen molar-refractivity contribution in [2.45, 2.75) is 46.2 Å². The van der Waals surface area contributed by atoms with Gasteiger partial charge in [-0.05, 0) is 49.7 Å². The number of nitrogens with zero attached hydrogens (tertiary/aromatic N) is 3. The van der Waals surface area contributed by atoms with Gasteiger partial charge < -0.3 is 14.0 Å². The average molecular weight is 449 g/mol. The number of fused-ring (bicyclic) bond motifs is 1. The van der Waals surface area contributed by atoms with Crippen LogP contribution >= 0.6 is 0 Å². The lowest BCUT2D eigenvalue weighted by molar-refractivity contribution is -0.0502. The van der Waals surface area contributed by atoms with Crippen LogP contribution in [0.5, 0.6) is 5.75 Å². The highest BCUT2D eigenvalue weighted by molar-refractivity contribution is 5.70. The predicted octanol–water partition coefficient (Wildman–Crippen LogP) is 5.21. The SMILES string of the molecule is Cc1cc(-c2nc(-c3ccc(OC(F)F)c(C)c3)n3c2CCO[C@H](CF)C3)cc(CF)n1. The molecule has 0 bridgehead atoms. The molecule has 0 spiro atoms. The predicted molar refractivity (Wildman–Crippen MR) is 111 cm³/mol. The van der Waals surface area contributed by atoms with Gasteiger partial charge >= 0.3 is 6.61 Å². The highest BCUT2D eigenvalue weighted by atomic mass is 19.3. The number of imidazole rings is 1. The van der Waals surface area contributed by atoms with Crippen molar-refractivity contribution in [3.63, 3.8) is 0 Å². The number of ether oxygens (including phenoxy) is 2. The van der Waals surface area contributed by atoms with E-state index >= 15 is 0 Å². The lowest BCUT2D eigenvalue weighted by Crippen LogP contribution is -2.21. The highest BCUT2D eigenvalue weighted by Gasteiger charge is 2.26. The molecule has 0 saturated carbocycles. The van der Waals surface area contributed by atoms with Crippen molar-refractivity contribution in [3.05, 3.63) is 53.0 Å². The second kappa shape index (κ2) is 9.28. The van der Waals surface area contributed by atoms with Crippen LogP contribution in [0.15, 0.2) is 30.3 Å². The molecule has 0 saturated heterocycles. The quantitative estimate of drug-likeness (QED) is 0.485. The van der Waals surface area contributed by atoms with E-state index in [-0.39, 0.29) is 12.3 Å². The lowest BCUT2D eigenvalue weighted by atomic mass is 10.1. The lowest BCUT2D eigenvalue weighted by Gasteiger charge is -2.15. The highest BCUT2D eigenvalue weighted by Crippen LogP contribution is 2.34. The van der Waals surface area contributed by atoms with Crippen molar-refractivity contribution in [3.8, 4) is 28.4 Å². The summed E-state index contributed by atoms with van der Waals surface area (Å²) in [6, 6.07) is 8.30. The smallest absolute Gasteiger partial charge is 0.387 e. The van der Waals surface area contributed by atoms with Gasteiger partial charge in [0.25, 0.3) is 0 Å². The number of pyridine rings is 1. The monoisotopic (exact) mass is 449 g/mol. The third-order valence-electron chi connectivity index (χ3n) is 5.39. The van der Waals surface area contributed by atoms with Crippen LogP contribution in [-0.4, -0.2) is 40.5 Å². The largest absolute Gasteiger partial charge is 0.435 e. The zero-order chi connectivity index (χ0) is 22.8. The van der Waals surface area contributed by atoms with Gasteiger partial charge in [-0.15, -0.1) is 0 Å². The Hall–Kier alpha value is -2.94. The topological polar surface area (TPSA) is 49.2 Å². The maximum atomic E-state index is 13.5. The minimum absolute atomic E-state index is 0.0777. The van der Waals surface area contributed by atoms with Crippen LogP contribution in [0.2, 0.25) is 0 Å². The van der Waals surface area contributed by atoms with E-state index < -0.39 is 26.1 Å². The van der Waals surface area contributed by atoms with Crippen molar-refractivity contribution in [2.24, 2.45) is 0 Å². The molecule has 1 aromatic carbocycles. The Morgan fingerprint density at radius 2 is 1.94 bits per heavy atom. The first-order valence-corrected chi connectivity index (χ1v) is 10.3. The molecule has 0 amide bonds. The second-order valence-corrected chi connectivity index (χ2v) is 7.72. The molecule has 0 N–H and O–H groups in total. The van der Waals surface area contributed by atoms with Crippen LogP contribution in [-0.2, 0) is 24.4 Å². The Bertz CT molecular complexity index is 1120. The van der Waals surface area contributed by atoms with Gasteiger partial charge in [0.2, 0.25) is 0 Å². The van der Waals surface area contributed by atoms with Gasteiger partial charge in [-0.1, -0.05) is 0 Å². The van der Waals surface area contributed by atoms with Crippen LogP contribution in [0.25, 0.3) is 22.6 Å². The fraction of sp³-hybridized carbons (Fsp3) is 0.391. The van der Waals surface area contributed by atoms with Crippen LogP contribution in [0.3, 0.4) is 0 Å². The molecule has 2 aromatic heterocycles. The van der Waals surface area contributed by atoms with Crippen molar-refractivity contribution in [1.82, 2.24) is 14.5 Å². The summed E-state index contributed by atoms with van der Waals surface area (Å²) in [5.74, 6) is 0.635. The van der Waals surface area contributed by atoms with Crippen molar-refractivity contribution < 1.29 is 27.0 Å². The van der Waals surface area contributed by atoms with Gasteiger partial charge in [0.15, 0.2) is 0 Å². The standard InChI is InChI=1S/C23H23F4N3O2/c1-13-7-15(3-4-20(13)32-23(26)27)22-29-21(16-8-14(2)28-17(9-16)10-24)19-5-6-31-18(11-25)12-30(19)22/h3-4,7-9,18,23H,5-6,10-12H2,1-2H3/t18-/m1/s1. The van der Waals surface area contributed by atoms with Crippen molar-refractivity contribution in [1.29, 1.82) is 0 Å². The zero-order valence-electron chi connectivity index (χ0n) is 17.7. The number of hydrogen-bond acceptors (Lipinski definition) is 4. The third kappa shape index (κ3) is 4.48. The fourth-order valence-electron chi connectivity index (χ4n) is 4.02. The summed E-state index contributed by atoms with van der Waals surface area (Å²) in [7, 11) is 0. The molecule has 0 radical (unpaired) electrons. The molecule has 0 aliphatic carbocycles. The molecule has 0 fully saturated rings. The van der Waals surface area contributed by atoms with Gasteiger partial charge in [0.05, 0.1) is 24.5 Å². The van der Waals surface area contributed by atoms with Crippen LogP contribution in [0.4, 0.5) is 17.6 Å². The van der Waals surface area contributed by atoms with Crippen molar-refractivity contribution in [2.75, 3.05) is 13.3 Å². The van der Waals surface area contributed by atoms with Gasteiger partial charge in [0, 0.05) is 28.9 Å². The second-order valence-electron chi connectivity index (χ2n) is 7.72. The molecule has 5 nitrogen and oxygen atoms in total. The number of aromatic nitrogens is 3. The average Bonchev–Trinajstić information content (AvgIpc) is 2.97. The Kier molecular flexibility index (Phi) is 6.45. The number of benzene rings is 1. The van der Waals surface area contributed by atoms with Crippen molar-refractivity contribution >= 4 is 0 Å². The van der Waals surface area contributed by atoms with Crippen LogP contribution in [0.1, 0.15) is 22.6 Å². The first-order valence-electron chi connectivity index (χ1n) is 10.3. The number of alkyl halides is 4. The molecule has 3 heterocycles. The van der Waals surface area contributed by atoms with E-state index in [9.17, 15) is 17.6 Å². The number of hydrogen-bond donors (Lipinski definition) is 0. The first-order chi connectivity index (χ1) is 15.4. The molecule has 32 heavy (non-hydrogen) atoms. The molecule has 4 rings (SSSR count). The molecule has 1 atom stereocenters. The molecule has 1 aliphatic heterocycles. The van der Waals surface area contributed by atoms with E-state index in [1.807, 2.05) is 10.6 Å². The van der Waals surface area contributed by atoms with E-state index in [4.69, 9.17) is 9.72 Å². The molecule has 0 unspecified atom stereocenters. The van der Waals surface area contributed by atoms with Gasteiger partial charge in [-0.3, -0.25) is 4.98 Å². The van der Waals surface area contributed by atoms with Gasteiger partial charge in [0.1, 0.15) is 31.0 Å².